The van der Waals surface area contributed by atoms with E-state index in [0.29, 0.717) is 30.6 Å². The molecule has 0 heterocycles. The lowest BCUT2D eigenvalue weighted by atomic mass is 9.80. The Morgan fingerprint density at radius 2 is 2.07 bits per heavy atom. The summed E-state index contributed by atoms with van der Waals surface area (Å²) in [5, 5.41) is 0. The Bertz CT molecular complexity index is 734. The normalized spacial score (nSPS) is 27.4. The van der Waals surface area contributed by atoms with Gasteiger partial charge in [-0.05, 0) is 79.4 Å². The molecular weight excluding hydrogens is 389 g/mol. The quantitative estimate of drug-likeness (QED) is 0.409. The summed E-state index contributed by atoms with van der Waals surface area (Å²) in [4.78, 5) is 17.9. The van der Waals surface area contributed by atoms with E-state index < -0.39 is 13.4 Å². The molecule has 0 amide bonds. The van der Waals surface area contributed by atoms with Crippen molar-refractivity contribution in [2.24, 2.45) is 17.6 Å². The smallest absolute Gasteiger partial charge is 0.381 e. The highest BCUT2D eigenvalue weighted by atomic mass is 31.2. The van der Waals surface area contributed by atoms with Crippen LogP contribution >= 0.6 is 7.82 Å². The van der Waals surface area contributed by atoms with Crippen molar-refractivity contribution in [3.63, 3.8) is 0 Å². The molecule has 4 N–H and O–H groups in total. The van der Waals surface area contributed by atoms with Crippen LogP contribution in [0.25, 0.3) is 0 Å². The van der Waals surface area contributed by atoms with Crippen LogP contribution in [0, 0.1) is 11.8 Å². The van der Waals surface area contributed by atoms with E-state index in [2.05, 4.69) is 36.6 Å². The number of ether oxygens (including phenoxy) is 1. The van der Waals surface area contributed by atoms with Crippen LogP contribution in [0.1, 0.15) is 68.6 Å². The van der Waals surface area contributed by atoms with Crippen LogP contribution in [0.2, 0.25) is 0 Å². The third-order valence-corrected chi connectivity index (χ3v) is 6.78. The summed E-state index contributed by atoms with van der Waals surface area (Å²) in [6, 6.07) is 6.83. The molecule has 1 aromatic carbocycles. The van der Waals surface area contributed by atoms with Crippen LogP contribution in [0.5, 0.6) is 0 Å². The Hall–Kier alpha value is -0.750. The van der Waals surface area contributed by atoms with Crippen LogP contribution in [-0.2, 0) is 26.7 Å². The molecule has 7 heteroatoms. The fourth-order valence-electron chi connectivity index (χ4n) is 4.70. The first-order valence-corrected chi connectivity index (χ1v) is 12.3. The van der Waals surface area contributed by atoms with Gasteiger partial charge in [-0.2, -0.15) is 0 Å². The van der Waals surface area contributed by atoms with E-state index in [1.54, 1.807) is 0 Å². The molecule has 0 spiro atoms. The third-order valence-electron chi connectivity index (χ3n) is 6.32. The van der Waals surface area contributed by atoms with E-state index in [0.717, 1.165) is 38.9 Å². The maximum Gasteiger partial charge on any atom is 0.469 e. The van der Waals surface area contributed by atoms with Crippen LogP contribution < -0.4 is 5.73 Å². The lowest BCUT2D eigenvalue weighted by Crippen LogP contribution is -2.41. The second-order valence-electron chi connectivity index (χ2n) is 9.46. The van der Waals surface area contributed by atoms with E-state index in [-0.39, 0.29) is 6.61 Å². The predicted octanol–water partition coefficient (Wildman–Crippen LogP) is 3.93. The van der Waals surface area contributed by atoms with Crippen LogP contribution in [0.3, 0.4) is 0 Å². The molecule has 0 bridgehead atoms. The topological polar surface area (TPSA) is 102 Å². The molecule has 1 aromatic rings. The van der Waals surface area contributed by atoms with Crippen molar-refractivity contribution < 1.29 is 23.6 Å². The fraction of sp³-hybridized carbons (Fsp3) is 0.727. The first-order chi connectivity index (χ1) is 13.6. The summed E-state index contributed by atoms with van der Waals surface area (Å²) >= 11 is 0. The molecule has 164 valence electrons. The van der Waals surface area contributed by atoms with Crippen molar-refractivity contribution in [3.05, 3.63) is 34.9 Å². The van der Waals surface area contributed by atoms with Gasteiger partial charge in [0.15, 0.2) is 0 Å². The minimum atomic E-state index is -4.48. The molecule has 3 rings (SSSR count). The molecular formula is C22H36NO5P. The molecule has 1 saturated carbocycles. The van der Waals surface area contributed by atoms with Gasteiger partial charge < -0.3 is 20.3 Å². The van der Waals surface area contributed by atoms with Gasteiger partial charge in [-0.25, -0.2) is 4.57 Å². The minimum absolute atomic E-state index is 0.0979. The summed E-state index contributed by atoms with van der Waals surface area (Å²) in [5.41, 5.74) is 9.88. The fourth-order valence-corrected chi connectivity index (χ4v) is 5.13. The van der Waals surface area contributed by atoms with E-state index in [1.807, 2.05) is 0 Å². The summed E-state index contributed by atoms with van der Waals surface area (Å²) in [7, 11) is -4.48. The lowest BCUT2D eigenvalue weighted by Gasteiger charge is -2.27. The summed E-state index contributed by atoms with van der Waals surface area (Å²) < 4.78 is 21.4. The van der Waals surface area contributed by atoms with Gasteiger partial charge in [0.25, 0.3) is 0 Å². The van der Waals surface area contributed by atoms with Gasteiger partial charge in [-0.15, -0.1) is 0 Å². The molecule has 29 heavy (non-hydrogen) atoms. The molecule has 2 aliphatic carbocycles. The van der Waals surface area contributed by atoms with Gasteiger partial charge in [0.2, 0.25) is 0 Å². The average molecular weight is 426 g/mol. The van der Waals surface area contributed by atoms with E-state index in [9.17, 15) is 4.57 Å². The van der Waals surface area contributed by atoms with Gasteiger partial charge in [0.1, 0.15) is 0 Å². The Kier molecular flexibility index (Phi) is 7.58. The van der Waals surface area contributed by atoms with Crippen LogP contribution in [0.4, 0.5) is 0 Å². The number of phosphoric ester groups is 1. The van der Waals surface area contributed by atoms with Crippen molar-refractivity contribution in [1.82, 2.24) is 0 Å². The van der Waals surface area contributed by atoms with Gasteiger partial charge in [0.05, 0.1) is 6.61 Å². The number of aryl methyl sites for hydroxylation is 1. The second kappa shape index (κ2) is 9.59. The standard InChI is InChI=1S/C22H36NO5P/c1-16(2)14-27-10-8-17-3-4-19-12-20(6-5-18(19)11-17)21-7-9-22(23,13-21)15-28-29(24,25)26/h5-6,12,16-17,21H,3-4,7-11,13-15,23H2,1-2H3,(H2,24,25,26)/t17-,21+,22-/m1/s1. The van der Waals surface area contributed by atoms with Crippen molar-refractivity contribution in [1.29, 1.82) is 0 Å². The second-order valence-corrected chi connectivity index (χ2v) is 10.7. The number of rotatable bonds is 9. The first-order valence-electron chi connectivity index (χ1n) is 10.8. The van der Waals surface area contributed by atoms with Gasteiger partial charge >= 0.3 is 7.82 Å². The summed E-state index contributed by atoms with van der Waals surface area (Å²) in [6.45, 7) is 5.96. The SMILES string of the molecule is CC(C)COCC[C@H]1CCc2cc([C@H]3CC[C@](N)(COP(=O)(O)O)C3)ccc2C1. The van der Waals surface area contributed by atoms with Gasteiger partial charge in [-0.3, -0.25) is 4.52 Å². The van der Waals surface area contributed by atoms with Crippen molar-refractivity contribution in [2.45, 2.75) is 70.3 Å². The van der Waals surface area contributed by atoms with Crippen molar-refractivity contribution >= 4 is 7.82 Å². The summed E-state index contributed by atoms with van der Waals surface area (Å²) in [6.07, 6.45) is 6.92. The monoisotopic (exact) mass is 425 g/mol. The Balaban J connectivity index is 1.53. The first kappa shape index (κ1) is 22.9. The van der Waals surface area contributed by atoms with Gasteiger partial charge in [0, 0.05) is 18.8 Å². The molecule has 1 fully saturated rings. The molecule has 0 saturated heterocycles. The number of benzene rings is 1. The Labute approximate surface area is 174 Å². The number of phosphoric acid groups is 1. The molecule has 3 atom stereocenters. The third kappa shape index (κ3) is 6.88. The average Bonchev–Trinajstić information content (AvgIpc) is 3.05. The number of hydrogen-bond donors (Lipinski definition) is 3. The van der Waals surface area contributed by atoms with E-state index in [4.69, 9.17) is 20.3 Å². The zero-order valence-electron chi connectivity index (χ0n) is 17.7. The van der Waals surface area contributed by atoms with Gasteiger partial charge in [-0.1, -0.05) is 32.0 Å². The van der Waals surface area contributed by atoms with Crippen LogP contribution in [-0.4, -0.2) is 35.1 Å². The molecule has 6 nitrogen and oxygen atoms in total. The minimum Gasteiger partial charge on any atom is -0.381 e. The molecule has 0 unspecified atom stereocenters. The molecule has 2 aliphatic rings. The zero-order valence-corrected chi connectivity index (χ0v) is 18.6. The van der Waals surface area contributed by atoms with Crippen molar-refractivity contribution in [3.8, 4) is 0 Å². The van der Waals surface area contributed by atoms with E-state index >= 15 is 0 Å². The van der Waals surface area contributed by atoms with E-state index in [1.165, 1.54) is 23.1 Å². The van der Waals surface area contributed by atoms with Crippen LogP contribution in [0.15, 0.2) is 18.2 Å². The van der Waals surface area contributed by atoms with Crippen molar-refractivity contribution in [2.75, 3.05) is 19.8 Å². The lowest BCUT2D eigenvalue weighted by molar-refractivity contribution is 0.0962. The molecule has 0 aromatic heterocycles. The molecule has 0 radical (unpaired) electrons. The zero-order chi connectivity index (χ0) is 21.1. The summed E-state index contributed by atoms with van der Waals surface area (Å²) in [5.74, 6) is 1.62. The highest BCUT2D eigenvalue weighted by Crippen LogP contribution is 2.44. The largest absolute Gasteiger partial charge is 0.469 e. The number of fused-ring (bicyclic) bond motifs is 1. The Morgan fingerprint density at radius 1 is 1.28 bits per heavy atom. The molecule has 0 aliphatic heterocycles. The predicted molar refractivity (Wildman–Crippen MR) is 114 cm³/mol. The highest BCUT2D eigenvalue weighted by molar-refractivity contribution is 7.46. The maximum atomic E-state index is 11.0. The number of nitrogens with two attached hydrogens (primary N) is 1. The Morgan fingerprint density at radius 3 is 2.79 bits per heavy atom. The number of hydrogen-bond acceptors (Lipinski definition) is 4. The maximum absolute atomic E-state index is 11.0. The highest BCUT2D eigenvalue weighted by Gasteiger charge is 2.38.